The molecule has 3 nitrogen and oxygen atoms in total. The summed E-state index contributed by atoms with van der Waals surface area (Å²) in [6, 6.07) is 1.48. The number of nitrogens with zero attached hydrogens (tertiary/aromatic N) is 2. The van der Waals surface area contributed by atoms with Crippen LogP contribution in [0.3, 0.4) is 0 Å². The Labute approximate surface area is 109 Å². The minimum atomic E-state index is -0.326. The summed E-state index contributed by atoms with van der Waals surface area (Å²) in [5.41, 5.74) is 6.46. The Balaban J connectivity index is 3.03. The summed E-state index contributed by atoms with van der Waals surface area (Å²) in [6.07, 6.45) is 1.27. The molecule has 0 saturated heterocycles. The maximum atomic E-state index is 13.2. The molecule has 0 radical (unpaired) electrons. The van der Waals surface area contributed by atoms with Crippen molar-refractivity contribution in [3.63, 3.8) is 0 Å². The molecule has 0 amide bonds. The van der Waals surface area contributed by atoms with E-state index in [4.69, 9.17) is 5.73 Å². The highest BCUT2D eigenvalue weighted by Gasteiger charge is 2.15. The van der Waals surface area contributed by atoms with Gasteiger partial charge in [0.05, 0.1) is 6.20 Å². The highest BCUT2D eigenvalue weighted by Crippen LogP contribution is 2.20. The van der Waals surface area contributed by atoms with E-state index in [1.165, 1.54) is 12.3 Å². The van der Waals surface area contributed by atoms with Gasteiger partial charge in [-0.15, -0.1) is 0 Å². The standard InChI is InChI=1S/C14H24FN3/c1-10(2)8-18(9-11(3)4)14-12(6-16)5-13(15)7-17-14/h5,7,10-11H,6,8-9,16H2,1-4H3. The first-order valence-corrected chi connectivity index (χ1v) is 6.53. The normalized spacial score (nSPS) is 11.3. The number of aromatic nitrogens is 1. The van der Waals surface area contributed by atoms with Gasteiger partial charge in [-0.25, -0.2) is 9.37 Å². The Morgan fingerprint density at radius 1 is 1.22 bits per heavy atom. The number of anilines is 1. The third-order valence-corrected chi connectivity index (χ3v) is 2.60. The lowest BCUT2D eigenvalue weighted by atomic mass is 10.1. The Hall–Kier alpha value is -1.16. The summed E-state index contributed by atoms with van der Waals surface area (Å²) in [4.78, 5) is 6.43. The van der Waals surface area contributed by atoms with E-state index in [1.807, 2.05) is 0 Å². The maximum Gasteiger partial charge on any atom is 0.141 e. The van der Waals surface area contributed by atoms with Crippen LogP contribution in [0.15, 0.2) is 12.3 Å². The van der Waals surface area contributed by atoms with Crippen molar-refractivity contribution in [2.75, 3.05) is 18.0 Å². The van der Waals surface area contributed by atoms with Gasteiger partial charge in [0.25, 0.3) is 0 Å². The molecule has 0 atom stereocenters. The number of nitrogens with two attached hydrogens (primary N) is 1. The monoisotopic (exact) mass is 253 g/mol. The van der Waals surface area contributed by atoms with Gasteiger partial charge in [-0.05, 0) is 17.9 Å². The van der Waals surface area contributed by atoms with Gasteiger partial charge in [0.1, 0.15) is 11.6 Å². The van der Waals surface area contributed by atoms with Crippen LogP contribution in [-0.2, 0) is 6.54 Å². The molecular formula is C14H24FN3. The Morgan fingerprint density at radius 2 is 1.78 bits per heavy atom. The summed E-state index contributed by atoms with van der Waals surface area (Å²) < 4.78 is 13.2. The number of hydrogen-bond acceptors (Lipinski definition) is 3. The summed E-state index contributed by atoms with van der Waals surface area (Å²) >= 11 is 0. The molecule has 0 bridgehead atoms. The van der Waals surface area contributed by atoms with Crippen LogP contribution in [0, 0.1) is 17.7 Å². The SMILES string of the molecule is CC(C)CN(CC(C)C)c1ncc(F)cc1CN. The molecule has 18 heavy (non-hydrogen) atoms. The van der Waals surface area contributed by atoms with E-state index in [0.29, 0.717) is 18.4 Å². The second-order valence-electron chi connectivity index (χ2n) is 5.53. The zero-order valence-electron chi connectivity index (χ0n) is 11.8. The van der Waals surface area contributed by atoms with Crippen molar-refractivity contribution in [1.29, 1.82) is 0 Å². The van der Waals surface area contributed by atoms with Crippen LogP contribution < -0.4 is 10.6 Å². The number of hydrogen-bond donors (Lipinski definition) is 1. The zero-order chi connectivity index (χ0) is 13.7. The highest BCUT2D eigenvalue weighted by molar-refractivity contribution is 5.47. The molecule has 0 aliphatic rings. The lowest BCUT2D eigenvalue weighted by Crippen LogP contribution is -2.33. The second kappa shape index (κ2) is 6.69. The third kappa shape index (κ3) is 4.26. The topological polar surface area (TPSA) is 42.2 Å². The molecule has 0 aromatic carbocycles. The molecule has 102 valence electrons. The number of pyridine rings is 1. The molecule has 0 saturated carbocycles. The molecule has 0 fully saturated rings. The molecule has 0 spiro atoms. The van der Waals surface area contributed by atoms with Crippen LogP contribution in [0.2, 0.25) is 0 Å². The largest absolute Gasteiger partial charge is 0.356 e. The van der Waals surface area contributed by atoms with E-state index in [0.717, 1.165) is 24.5 Å². The smallest absolute Gasteiger partial charge is 0.141 e. The molecule has 1 heterocycles. The van der Waals surface area contributed by atoms with Gasteiger partial charge < -0.3 is 10.6 Å². The first-order valence-electron chi connectivity index (χ1n) is 6.53. The predicted octanol–water partition coefficient (Wildman–Crippen LogP) is 2.80. The fraction of sp³-hybridized carbons (Fsp3) is 0.643. The van der Waals surface area contributed by atoms with Crippen LogP contribution >= 0.6 is 0 Å². The van der Waals surface area contributed by atoms with Gasteiger partial charge >= 0.3 is 0 Å². The van der Waals surface area contributed by atoms with Crippen molar-refractivity contribution in [2.24, 2.45) is 17.6 Å². The molecule has 2 N–H and O–H groups in total. The first kappa shape index (κ1) is 14.9. The maximum absolute atomic E-state index is 13.2. The van der Waals surface area contributed by atoms with Gasteiger partial charge in [0.15, 0.2) is 0 Å². The fourth-order valence-corrected chi connectivity index (χ4v) is 2.04. The number of halogens is 1. The van der Waals surface area contributed by atoms with E-state index < -0.39 is 0 Å². The third-order valence-electron chi connectivity index (χ3n) is 2.60. The lowest BCUT2D eigenvalue weighted by molar-refractivity contribution is 0.545. The minimum absolute atomic E-state index is 0.312. The minimum Gasteiger partial charge on any atom is -0.356 e. The Kier molecular flexibility index (Phi) is 5.54. The van der Waals surface area contributed by atoms with Crippen molar-refractivity contribution in [1.82, 2.24) is 4.98 Å². The van der Waals surface area contributed by atoms with E-state index in [9.17, 15) is 4.39 Å². The summed E-state index contributed by atoms with van der Waals surface area (Å²) in [7, 11) is 0. The molecule has 0 unspecified atom stereocenters. The number of rotatable bonds is 6. The Morgan fingerprint density at radius 3 is 2.22 bits per heavy atom. The fourth-order valence-electron chi connectivity index (χ4n) is 2.04. The van der Waals surface area contributed by atoms with Crippen molar-refractivity contribution in [2.45, 2.75) is 34.2 Å². The summed E-state index contributed by atoms with van der Waals surface area (Å²) in [6.45, 7) is 10.8. The zero-order valence-corrected chi connectivity index (χ0v) is 11.8. The van der Waals surface area contributed by atoms with Gasteiger partial charge in [-0.2, -0.15) is 0 Å². The van der Waals surface area contributed by atoms with Gasteiger partial charge in [-0.3, -0.25) is 0 Å². The molecule has 0 aliphatic carbocycles. The van der Waals surface area contributed by atoms with Crippen molar-refractivity contribution >= 4 is 5.82 Å². The van der Waals surface area contributed by atoms with Crippen molar-refractivity contribution in [3.05, 3.63) is 23.6 Å². The molecule has 1 aromatic heterocycles. The van der Waals surface area contributed by atoms with E-state index in [-0.39, 0.29) is 5.82 Å². The quantitative estimate of drug-likeness (QED) is 0.847. The summed E-state index contributed by atoms with van der Waals surface area (Å²) in [5.74, 6) is 1.55. The van der Waals surface area contributed by atoms with Crippen LogP contribution in [0.4, 0.5) is 10.2 Å². The van der Waals surface area contributed by atoms with Crippen LogP contribution in [-0.4, -0.2) is 18.1 Å². The first-order chi connectivity index (χ1) is 8.43. The highest BCUT2D eigenvalue weighted by atomic mass is 19.1. The van der Waals surface area contributed by atoms with E-state index in [2.05, 4.69) is 37.6 Å². The second-order valence-corrected chi connectivity index (χ2v) is 5.53. The van der Waals surface area contributed by atoms with E-state index >= 15 is 0 Å². The predicted molar refractivity (Wildman–Crippen MR) is 74.0 cm³/mol. The molecule has 0 aliphatic heterocycles. The van der Waals surface area contributed by atoms with E-state index in [1.54, 1.807) is 0 Å². The lowest BCUT2D eigenvalue weighted by Gasteiger charge is -2.29. The van der Waals surface area contributed by atoms with Crippen molar-refractivity contribution in [3.8, 4) is 0 Å². The van der Waals surface area contributed by atoms with Crippen LogP contribution in [0.25, 0.3) is 0 Å². The van der Waals surface area contributed by atoms with Gasteiger partial charge in [-0.1, -0.05) is 27.7 Å². The van der Waals surface area contributed by atoms with Gasteiger partial charge in [0.2, 0.25) is 0 Å². The average Bonchev–Trinajstić information content (AvgIpc) is 2.26. The molecule has 4 heteroatoms. The van der Waals surface area contributed by atoms with Crippen LogP contribution in [0.1, 0.15) is 33.3 Å². The van der Waals surface area contributed by atoms with Crippen LogP contribution in [0.5, 0.6) is 0 Å². The Bertz CT molecular complexity index is 367. The van der Waals surface area contributed by atoms with Gasteiger partial charge in [0, 0.05) is 25.2 Å². The average molecular weight is 253 g/mol. The molecule has 1 aromatic rings. The summed E-state index contributed by atoms with van der Waals surface area (Å²) in [5, 5.41) is 0. The van der Waals surface area contributed by atoms with Crippen molar-refractivity contribution < 1.29 is 4.39 Å². The molecular weight excluding hydrogens is 229 g/mol. The molecule has 1 rings (SSSR count).